The third-order valence-electron chi connectivity index (χ3n) is 16.2. The van der Waals surface area contributed by atoms with Gasteiger partial charge in [0.2, 0.25) is 0 Å². The van der Waals surface area contributed by atoms with Crippen LogP contribution in [0.3, 0.4) is 0 Å². The van der Waals surface area contributed by atoms with Crippen LogP contribution in [0.25, 0.3) is 0 Å². The Morgan fingerprint density at radius 3 is 2.21 bits per heavy atom. The first kappa shape index (κ1) is 32.5. The van der Waals surface area contributed by atoms with Gasteiger partial charge in [0.1, 0.15) is 13.2 Å². The van der Waals surface area contributed by atoms with E-state index >= 15 is 0 Å². The number of hydrogen-bond acceptors (Lipinski definition) is 3. The number of aliphatic hydroxyl groups is 1. The molecule has 240 valence electrons. The lowest BCUT2D eigenvalue weighted by molar-refractivity contribution is -0.923. The highest BCUT2D eigenvalue weighted by Crippen LogP contribution is 2.75. The molecule has 0 spiro atoms. The van der Waals surface area contributed by atoms with Gasteiger partial charge in [-0.05, 0) is 130 Å². The second-order valence-corrected chi connectivity index (χ2v) is 17.3. The van der Waals surface area contributed by atoms with Gasteiger partial charge in [0, 0.05) is 0 Å². The second kappa shape index (κ2) is 10.9. The van der Waals surface area contributed by atoms with Crippen molar-refractivity contribution in [1.29, 1.82) is 0 Å². The molecular weight excluding hydrogens is 518 g/mol. The molecule has 0 aromatic carbocycles. The van der Waals surface area contributed by atoms with E-state index in [9.17, 15) is 9.90 Å². The Bertz CT molecular complexity index is 1050. The van der Waals surface area contributed by atoms with Gasteiger partial charge in [-0.2, -0.15) is 0 Å². The van der Waals surface area contributed by atoms with Gasteiger partial charge in [-0.25, -0.2) is 0 Å². The van der Waals surface area contributed by atoms with Crippen molar-refractivity contribution in [2.45, 2.75) is 133 Å². The van der Waals surface area contributed by atoms with Crippen molar-refractivity contribution in [3.05, 3.63) is 11.6 Å². The number of carbonyl (C=O) groups is 1. The Hall–Kier alpha value is -0.870. The predicted octanol–water partition coefficient (Wildman–Crippen LogP) is 8.42. The van der Waals surface area contributed by atoms with Crippen LogP contribution in [-0.4, -0.2) is 54.4 Å². The van der Waals surface area contributed by atoms with E-state index < -0.39 is 0 Å². The maximum absolute atomic E-state index is 14.4. The molecule has 4 saturated carbocycles. The van der Waals surface area contributed by atoms with E-state index in [2.05, 4.69) is 75.3 Å². The molecule has 42 heavy (non-hydrogen) atoms. The SMILES string of the molecule is CC[N+](CC)(CC)CCOC(=O)[C@]12CC[C@@H](C)[C@H](C)[C@H]1C1=CC[C@@H]3[C@@]4(C)CC[C@H](O)C(C)(C)[C@@H]4CC[C@@]3(C)[C@]1(C)CC2. The van der Waals surface area contributed by atoms with Crippen molar-refractivity contribution in [3.63, 3.8) is 0 Å². The summed E-state index contributed by atoms with van der Waals surface area (Å²) in [7, 11) is 0. The van der Waals surface area contributed by atoms with Crippen LogP contribution in [0, 0.1) is 56.7 Å². The summed E-state index contributed by atoms with van der Waals surface area (Å²) in [6.45, 7) is 28.9. The number of allylic oxidation sites excluding steroid dienone is 2. The van der Waals surface area contributed by atoms with E-state index in [0.717, 1.165) is 75.6 Å². The summed E-state index contributed by atoms with van der Waals surface area (Å²) in [4.78, 5) is 14.4. The summed E-state index contributed by atoms with van der Waals surface area (Å²) >= 11 is 0. The first-order valence-corrected chi connectivity index (χ1v) is 18.0. The molecule has 0 unspecified atom stereocenters. The van der Waals surface area contributed by atoms with Crippen molar-refractivity contribution < 1.29 is 19.1 Å². The molecule has 1 N–H and O–H groups in total. The average Bonchev–Trinajstić information content (AvgIpc) is 2.96. The molecule has 0 saturated heterocycles. The zero-order valence-corrected chi connectivity index (χ0v) is 29.2. The van der Waals surface area contributed by atoms with Crippen LogP contribution in [0.4, 0.5) is 0 Å². The van der Waals surface area contributed by atoms with Crippen LogP contribution < -0.4 is 0 Å². The lowest BCUT2D eigenvalue weighted by Crippen LogP contribution is -2.65. The van der Waals surface area contributed by atoms with Crippen molar-refractivity contribution >= 4 is 5.97 Å². The summed E-state index contributed by atoms with van der Waals surface area (Å²) in [5.74, 6) is 2.72. The van der Waals surface area contributed by atoms with Gasteiger partial charge in [-0.15, -0.1) is 0 Å². The molecule has 0 aliphatic heterocycles. The van der Waals surface area contributed by atoms with Gasteiger partial charge in [-0.3, -0.25) is 4.79 Å². The number of hydrogen-bond donors (Lipinski definition) is 1. The Balaban J connectivity index is 1.48. The first-order valence-electron chi connectivity index (χ1n) is 18.0. The third-order valence-corrected chi connectivity index (χ3v) is 16.2. The molecule has 0 bridgehead atoms. The van der Waals surface area contributed by atoms with Crippen LogP contribution in [-0.2, 0) is 9.53 Å². The topological polar surface area (TPSA) is 46.5 Å². The minimum absolute atomic E-state index is 0.0261. The molecule has 5 aliphatic carbocycles. The average molecular weight is 585 g/mol. The number of ether oxygens (including phenoxy) is 1. The predicted molar refractivity (Wildman–Crippen MR) is 173 cm³/mol. The van der Waals surface area contributed by atoms with Crippen LogP contribution in [0.1, 0.15) is 127 Å². The molecule has 4 nitrogen and oxygen atoms in total. The molecule has 0 radical (unpaired) electrons. The maximum Gasteiger partial charge on any atom is 0.312 e. The van der Waals surface area contributed by atoms with E-state index in [4.69, 9.17) is 4.74 Å². The fourth-order valence-corrected chi connectivity index (χ4v) is 12.5. The summed E-state index contributed by atoms with van der Waals surface area (Å²) in [5.41, 5.74) is 1.82. The van der Waals surface area contributed by atoms with E-state index in [1.807, 2.05) is 0 Å². The summed E-state index contributed by atoms with van der Waals surface area (Å²) in [6, 6.07) is 0. The molecule has 0 amide bonds. The summed E-state index contributed by atoms with van der Waals surface area (Å²) in [5, 5.41) is 11.0. The number of carbonyl (C=O) groups excluding carboxylic acids is 1. The monoisotopic (exact) mass is 585 g/mol. The largest absolute Gasteiger partial charge is 0.459 e. The molecule has 4 heteroatoms. The highest BCUT2D eigenvalue weighted by Gasteiger charge is 2.69. The minimum atomic E-state index is -0.362. The standard InChI is InChI=1S/C38H66NO3/c1-11-39(12-2,13-3)24-25-42-33(41)38-21-16-26(4)27(5)32(38)28-14-15-30-35(8)19-18-31(40)34(6,7)29(35)17-20-37(30,10)36(28,9)22-23-38/h14,26-27,29-32,40H,11-13,15-25H2,1-10H3/q+1/t26-,27+,29+,30-,31+,32+,35+,36-,37-,38+/m1/s1. The summed E-state index contributed by atoms with van der Waals surface area (Å²) in [6.07, 6.45) is 12.3. The van der Waals surface area contributed by atoms with Crippen LogP contribution in [0.2, 0.25) is 0 Å². The van der Waals surface area contributed by atoms with Crippen LogP contribution in [0.15, 0.2) is 11.6 Å². The smallest absolute Gasteiger partial charge is 0.312 e. The molecule has 0 aromatic rings. The second-order valence-electron chi connectivity index (χ2n) is 17.3. The van der Waals surface area contributed by atoms with Crippen molar-refractivity contribution in [2.24, 2.45) is 56.7 Å². The molecule has 10 atom stereocenters. The highest BCUT2D eigenvalue weighted by molar-refractivity contribution is 5.79. The fourth-order valence-electron chi connectivity index (χ4n) is 12.5. The van der Waals surface area contributed by atoms with Gasteiger partial charge in [-0.1, -0.05) is 60.1 Å². The van der Waals surface area contributed by atoms with E-state index in [1.165, 1.54) is 12.8 Å². The van der Waals surface area contributed by atoms with E-state index in [1.54, 1.807) is 5.57 Å². The minimum Gasteiger partial charge on any atom is -0.459 e. The number of rotatable bonds is 7. The summed E-state index contributed by atoms with van der Waals surface area (Å²) < 4.78 is 7.37. The molecule has 0 aromatic heterocycles. The maximum atomic E-state index is 14.4. The molecule has 5 aliphatic rings. The van der Waals surface area contributed by atoms with Crippen LogP contribution in [0.5, 0.6) is 0 Å². The number of esters is 1. The van der Waals surface area contributed by atoms with Crippen LogP contribution >= 0.6 is 0 Å². The van der Waals surface area contributed by atoms with Crippen molar-refractivity contribution in [2.75, 3.05) is 32.8 Å². The third kappa shape index (κ3) is 4.37. The number of likely N-dealkylation sites (N-methyl/N-ethyl adjacent to an activating group) is 1. The van der Waals surface area contributed by atoms with Gasteiger partial charge < -0.3 is 14.3 Å². The van der Waals surface area contributed by atoms with Gasteiger partial charge in [0.25, 0.3) is 0 Å². The number of fused-ring (bicyclic) bond motifs is 7. The Labute approximate surface area is 259 Å². The highest BCUT2D eigenvalue weighted by atomic mass is 16.5. The fraction of sp³-hybridized carbons (Fsp3) is 0.921. The normalized spacial score (nSPS) is 46.4. The number of aliphatic hydroxyl groups excluding tert-OH is 1. The van der Waals surface area contributed by atoms with Gasteiger partial charge in [0.15, 0.2) is 0 Å². The van der Waals surface area contributed by atoms with Crippen molar-refractivity contribution in [1.82, 2.24) is 0 Å². The van der Waals surface area contributed by atoms with Gasteiger partial charge >= 0.3 is 5.97 Å². The lowest BCUT2D eigenvalue weighted by atomic mass is 9.33. The quantitative estimate of drug-likeness (QED) is 0.186. The van der Waals surface area contributed by atoms with Gasteiger partial charge in [0.05, 0.1) is 31.2 Å². The Kier molecular flexibility index (Phi) is 8.43. The molecule has 5 rings (SSSR count). The zero-order valence-electron chi connectivity index (χ0n) is 29.2. The lowest BCUT2D eigenvalue weighted by Gasteiger charge is -2.71. The Morgan fingerprint density at radius 2 is 1.57 bits per heavy atom. The number of nitrogens with zero attached hydrogens (tertiary/aromatic N) is 1. The first-order chi connectivity index (χ1) is 19.6. The van der Waals surface area contributed by atoms with E-state index in [0.29, 0.717) is 36.2 Å². The zero-order chi connectivity index (χ0) is 30.9. The van der Waals surface area contributed by atoms with Crippen molar-refractivity contribution in [3.8, 4) is 0 Å². The Morgan fingerprint density at radius 1 is 0.905 bits per heavy atom. The molecular formula is C38H66NO3+. The molecule has 4 fully saturated rings. The number of quaternary nitrogens is 1. The molecule has 0 heterocycles. The van der Waals surface area contributed by atoms with E-state index in [-0.39, 0.29) is 39.1 Å².